The SMILES string of the molecule is CCn1ncnc1CC(NC)c1cccc(I)c1. The minimum Gasteiger partial charge on any atom is -0.313 e. The van der Waals surface area contributed by atoms with Crippen molar-refractivity contribution in [1.82, 2.24) is 20.1 Å². The molecule has 0 aliphatic heterocycles. The zero-order valence-corrected chi connectivity index (χ0v) is 12.8. The standard InChI is InChI=1S/C13H17IN4/c1-3-18-13(16-9-17-18)8-12(15-2)10-5-4-6-11(14)7-10/h4-7,9,12,15H,3,8H2,1-2H3. The molecule has 1 aromatic heterocycles. The number of benzene rings is 1. The molecule has 0 bridgehead atoms. The molecule has 0 amide bonds. The van der Waals surface area contributed by atoms with E-state index in [2.05, 4.69) is 69.2 Å². The van der Waals surface area contributed by atoms with Gasteiger partial charge in [-0.1, -0.05) is 12.1 Å². The van der Waals surface area contributed by atoms with Crippen LogP contribution >= 0.6 is 22.6 Å². The Bertz CT molecular complexity index is 509. The van der Waals surface area contributed by atoms with E-state index in [1.165, 1.54) is 9.13 Å². The number of nitrogens with zero attached hydrogens (tertiary/aromatic N) is 3. The maximum absolute atomic E-state index is 4.33. The van der Waals surface area contributed by atoms with Crippen molar-refractivity contribution < 1.29 is 0 Å². The average Bonchev–Trinajstić information content (AvgIpc) is 2.83. The molecule has 0 radical (unpaired) electrons. The molecule has 2 aromatic rings. The van der Waals surface area contributed by atoms with E-state index in [4.69, 9.17) is 0 Å². The van der Waals surface area contributed by atoms with Crippen LogP contribution in [0.3, 0.4) is 0 Å². The second-order valence-electron chi connectivity index (χ2n) is 4.09. The zero-order chi connectivity index (χ0) is 13.0. The Morgan fingerprint density at radius 1 is 1.44 bits per heavy atom. The molecule has 2 rings (SSSR count). The second-order valence-corrected chi connectivity index (χ2v) is 5.34. The Morgan fingerprint density at radius 2 is 2.28 bits per heavy atom. The first-order chi connectivity index (χ1) is 8.74. The van der Waals surface area contributed by atoms with Gasteiger partial charge in [0.1, 0.15) is 12.2 Å². The lowest BCUT2D eigenvalue weighted by Gasteiger charge is -2.16. The second kappa shape index (κ2) is 6.29. The van der Waals surface area contributed by atoms with Crippen molar-refractivity contribution in [1.29, 1.82) is 0 Å². The molecule has 0 saturated heterocycles. The predicted octanol–water partition coefficient (Wildman–Crippen LogP) is 2.41. The van der Waals surface area contributed by atoms with Crippen LogP contribution in [0.4, 0.5) is 0 Å². The molecule has 0 spiro atoms. The molecular weight excluding hydrogens is 339 g/mol. The summed E-state index contributed by atoms with van der Waals surface area (Å²) in [6, 6.07) is 8.82. The van der Waals surface area contributed by atoms with Crippen LogP contribution in [0.25, 0.3) is 0 Å². The van der Waals surface area contributed by atoms with Gasteiger partial charge in [-0.15, -0.1) is 0 Å². The van der Waals surface area contributed by atoms with Crippen LogP contribution in [0, 0.1) is 3.57 Å². The highest BCUT2D eigenvalue weighted by Gasteiger charge is 2.13. The summed E-state index contributed by atoms with van der Waals surface area (Å²) in [7, 11) is 1.98. The lowest BCUT2D eigenvalue weighted by atomic mass is 10.0. The summed E-state index contributed by atoms with van der Waals surface area (Å²) in [5.41, 5.74) is 1.29. The van der Waals surface area contributed by atoms with E-state index < -0.39 is 0 Å². The van der Waals surface area contributed by atoms with Gasteiger partial charge in [-0.05, 0) is 54.3 Å². The monoisotopic (exact) mass is 356 g/mol. The number of hydrogen-bond acceptors (Lipinski definition) is 3. The van der Waals surface area contributed by atoms with E-state index in [-0.39, 0.29) is 6.04 Å². The van der Waals surface area contributed by atoms with E-state index in [1.54, 1.807) is 6.33 Å². The van der Waals surface area contributed by atoms with Crippen LogP contribution < -0.4 is 5.32 Å². The van der Waals surface area contributed by atoms with Crippen molar-refractivity contribution in [2.24, 2.45) is 0 Å². The smallest absolute Gasteiger partial charge is 0.138 e. The van der Waals surface area contributed by atoms with Gasteiger partial charge < -0.3 is 5.32 Å². The largest absolute Gasteiger partial charge is 0.313 e. The van der Waals surface area contributed by atoms with E-state index in [0.29, 0.717) is 0 Å². The van der Waals surface area contributed by atoms with Crippen LogP contribution in [0.2, 0.25) is 0 Å². The molecule has 1 heterocycles. The third-order valence-corrected chi connectivity index (χ3v) is 3.65. The molecule has 96 valence electrons. The fraction of sp³-hybridized carbons (Fsp3) is 0.385. The fourth-order valence-electron chi connectivity index (χ4n) is 2.00. The van der Waals surface area contributed by atoms with Crippen LogP contribution in [0.1, 0.15) is 24.4 Å². The fourth-order valence-corrected chi connectivity index (χ4v) is 2.57. The number of aromatic nitrogens is 3. The highest BCUT2D eigenvalue weighted by atomic mass is 127. The van der Waals surface area contributed by atoms with Gasteiger partial charge in [0.05, 0.1) is 0 Å². The Hall–Kier alpha value is -0.950. The number of rotatable bonds is 5. The molecule has 1 unspecified atom stereocenters. The quantitative estimate of drug-likeness (QED) is 0.837. The van der Waals surface area contributed by atoms with Crippen LogP contribution in [0.5, 0.6) is 0 Å². The summed E-state index contributed by atoms with van der Waals surface area (Å²) in [6.45, 7) is 2.94. The number of halogens is 1. The molecule has 1 N–H and O–H groups in total. The molecule has 18 heavy (non-hydrogen) atoms. The Kier molecular flexibility index (Phi) is 4.71. The van der Waals surface area contributed by atoms with E-state index in [0.717, 1.165) is 18.8 Å². The van der Waals surface area contributed by atoms with Gasteiger partial charge in [-0.25, -0.2) is 4.98 Å². The maximum atomic E-state index is 4.33. The molecule has 0 fully saturated rings. The Balaban J connectivity index is 2.20. The zero-order valence-electron chi connectivity index (χ0n) is 10.6. The number of aryl methyl sites for hydroxylation is 1. The molecule has 5 heteroatoms. The first-order valence-electron chi connectivity index (χ1n) is 6.04. The normalized spacial score (nSPS) is 12.6. The summed E-state index contributed by atoms with van der Waals surface area (Å²) in [5, 5.41) is 7.56. The van der Waals surface area contributed by atoms with Gasteiger partial charge >= 0.3 is 0 Å². The van der Waals surface area contributed by atoms with Gasteiger partial charge in [0.25, 0.3) is 0 Å². The summed E-state index contributed by atoms with van der Waals surface area (Å²) < 4.78 is 3.19. The molecule has 0 saturated carbocycles. The van der Waals surface area contributed by atoms with Crippen molar-refractivity contribution in [2.45, 2.75) is 25.9 Å². The number of hydrogen-bond donors (Lipinski definition) is 1. The molecule has 4 nitrogen and oxygen atoms in total. The minimum atomic E-state index is 0.272. The summed E-state index contributed by atoms with van der Waals surface area (Å²) in [6.07, 6.45) is 2.48. The van der Waals surface area contributed by atoms with Gasteiger partial charge in [0, 0.05) is 22.6 Å². The maximum Gasteiger partial charge on any atom is 0.138 e. The van der Waals surface area contributed by atoms with Gasteiger partial charge in [0.15, 0.2) is 0 Å². The van der Waals surface area contributed by atoms with Crippen molar-refractivity contribution in [3.8, 4) is 0 Å². The van der Waals surface area contributed by atoms with E-state index in [1.807, 2.05) is 11.7 Å². The summed E-state index contributed by atoms with van der Waals surface area (Å²) in [5.74, 6) is 1.02. The van der Waals surface area contributed by atoms with Crippen LogP contribution in [-0.2, 0) is 13.0 Å². The summed E-state index contributed by atoms with van der Waals surface area (Å²) in [4.78, 5) is 4.33. The van der Waals surface area contributed by atoms with Crippen molar-refractivity contribution >= 4 is 22.6 Å². The third kappa shape index (κ3) is 3.08. The average molecular weight is 356 g/mol. The first-order valence-corrected chi connectivity index (χ1v) is 7.12. The van der Waals surface area contributed by atoms with E-state index in [9.17, 15) is 0 Å². The molecule has 1 aromatic carbocycles. The predicted molar refractivity (Wildman–Crippen MR) is 80.4 cm³/mol. The summed E-state index contributed by atoms with van der Waals surface area (Å²) >= 11 is 2.34. The van der Waals surface area contributed by atoms with Crippen molar-refractivity contribution in [3.63, 3.8) is 0 Å². The van der Waals surface area contributed by atoms with Gasteiger partial charge in [-0.2, -0.15) is 5.10 Å². The molecule has 1 atom stereocenters. The topological polar surface area (TPSA) is 42.7 Å². The van der Waals surface area contributed by atoms with Gasteiger partial charge in [0.2, 0.25) is 0 Å². The highest BCUT2D eigenvalue weighted by Crippen LogP contribution is 2.19. The third-order valence-electron chi connectivity index (χ3n) is 2.98. The lowest BCUT2D eigenvalue weighted by molar-refractivity contribution is 0.533. The van der Waals surface area contributed by atoms with E-state index >= 15 is 0 Å². The van der Waals surface area contributed by atoms with Gasteiger partial charge in [-0.3, -0.25) is 4.68 Å². The molecule has 0 aliphatic rings. The van der Waals surface area contributed by atoms with Crippen LogP contribution in [0.15, 0.2) is 30.6 Å². The molecule has 0 aliphatic carbocycles. The minimum absolute atomic E-state index is 0.272. The first kappa shape index (κ1) is 13.5. The number of nitrogens with one attached hydrogen (secondary N) is 1. The van der Waals surface area contributed by atoms with Crippen molar-refractivity contribution in [3.05, 3.63) is 45.6 Å². The lowest BCUT2D eigenvalue weighted by Crippen LogP contribution is -2.21. The Morgan fingerprint density at radius 3 is 2.94 bits per heavy atom. The number of likely N-dealkylation sites (N-methyl/N-ethyl adjacent to an activating group) is 1. The molecular formula is C13H17IN4. The Labute approximate surface area is 121 Å². The van der Waals surface area contributed by atoms with Crippen LogP contribution in [-0.4, -0.2) is 21.8 Å². The highest BCUT2D eigenvalue weighted by molar-refractivity contribution is 14.1. The van der Waals surface area contributed by atoms with Crippen molar-refractivity contribution in [2.75, 3.05) is 7.05 Å².